The second-order valence-electron chi connectivity index (χ2n) is 10.3. The van der Waals surface area contributed by atoms with Crippen molar-refractivity contribution < 1.29 is 23.5 Å². The number of alkyl halides is 1. The average molecular weight is 498 g/mol. The van der Waals surface area contributed by atoms with Crippen molar-refractivity contribution in [2.75, 3.05) is 19.6 Å². The number of amides is 2. The fourth-order valence-electron chi connectivity index (χ4n) is 4.21. The van der Waals surface area contributed by atoms with Gasteiger partial charge in [-0.25, -0.2) is 14.2 Å². The SMILES string of the molecule is CCC(=O)c1cc(C(=O)NCC[C@]2(F)CCCN(C(=O)OC(C)(C)C)C2)cc(Cc2ccccc2)n1. The molecule has 1 N–H and O–H groups in total. The van der Waals surface area contributed by atoms with Crippen molar-refractivity contribution in [3.63, 3.8) is 0 Å². The molecule has 0 radical (unpaired) electrons. The molecule has 2 aromatic rings. The molecule has 1 saturated heterocycles. The zero-order valence-electron chi connectivity index (χ0n) is 21.6. The molecule has 1 aromatic carbocycles. The van der Waals surface area contributed by atoms with Crippen LogP contribution < -0.4 is 5.32 Å². The lowest BCUT2D eigenvalue weighted by Crippen LogP contribution is -2.50. The number of likely N-dealkylation sites (tertiary alicyclic amines) is 1. The van der Waals surface area contributed by atoms with Gasteiger partial charge in [0.2, 0.25) is 0 Å². The number of ether oxygens (including phenoxy) is 1. The molecule has 0 saturated carbocycles. The second-order valence-corrected chi connectivity index (χ2v) is 10.3. The number of halogens is 1. The normalized spacial score (nSPS) is 18.0. The first-order valence-electron chi connectivity index (χ1n) is 12.5. The van der Waals surface area contributed by atoms with Gasteiger partial charge in [-0.1, -0.05) is 37.3 Å². The minimum Gasteiger partial charge on any atom is -0.444 e. The summed E-state index contributed by atoms with van der Waals surface area (Å²) >= 11 is 0. The van der Waals surface area contributed by atoms with Crippen molar-refractivity contribution in [1.29, 1.82) is 0 Å². The van der Waals surface area contributed by atoms with E-state index in [1.165, 1.54) is 11.0 Å². The molecule has 1 aliphatic heterocycles. The third kappa shape index (κ3) is 7.86. The van der Waals surface area contributed by atoms with Crippen molar-refractivity contribution in [3.8, 4) is 0 Å². The predicted octanol–water partition coefficient (Wildman–Crippen LogP) is 5.12. The maximum absolute atomic E-state index is 15.5. The van der Waals surface area contributed by atoms with Gasteiger partial charge in [-0.3, -0.25) is 9.59 Å². The highest BCUT2D eigenvalue weighted by Gasteiger charge is 2.38. The number of hydrogen-bond donors (Lipinski definition) is 1. The molecule has 1 atom stereocenters. The molecule has 2 heterocycles. The molecule has 1 aliphatic rings. The van der Waals surface area contributed by atoms with Crippen molar-refractivity contribution in [2.24, 2.45) is 0 Å². The van der Waals surface area contributed by atoms with E-state index in [2.05, 4.69) is 10.3 Å². The number of aromatic nitrogens is 1. The van der Waals surface area contributed by atoms with Crippen LogP contribution in [-0.4, -0.2) is 58.6 Å². The van der Waals surface area contributed by atoms with Gasteiger partial charge < -0.3 is 15.0 Å². The summed E-state index contributed by atoms with van der Waals surface area (Å²) in [6.45, 7) is 7.56. The van der Waals surface area contributed by atoms with Gasteiger partial charge in [0.25, 0.3) is 5.91 Å². The lowest BCUT2D eigenvalue weighted by molar-refractivity contribution is -0.00740. The number of rotatable bonds is 8. The van der Waals surface area contributed by atoms with E-state index in [4.69, 9.17) is 4.74 Å². The highest BCUT2D eigenvalue weighted by atomic mass is 19.1. The number of carbonyl (C=O) groups excluding carboxylic acids is 3. The Labute approximate surface area is 212 Å². The van der Waals surface area contributed by atoms with Gasteiger partial charge >= 0.3 is 6.09 Å². The van der Waals surface area contributed by atoms with Crippen molar-refractivity contribution >= 4 is 17.8 Å². The maximum atomic E-state index is 15.5. The average Bonchev–Trinajstić information content (AvgIpc) is 2.82. The summed E-state index contributed by atoms with van der Waals surface area (Å²) < 4.78 is 20.9. The molecule has 1 aromatic heterocycles. The number of nitrogens with one attached hydrogen (secondary N) is 1. The quantitative estimate of drug-likeness (QED) is 0.511. The molecule has 0 unspecified atom stereocenters. The Morgan fingerprint density at radius 2 is 1.89 bits per heavy atom. The summed E-state index contributed by atoms with van der Waals surface area (Å²) in [6, 6.07) is 12.8. The molecule has 0 bridgehead atoms. The molecule has 1 fully saturated rings. The van der Waals surface area contributed by atoms with Crippen LogP contribution in [0.2, 0.25) is 0 Å². The minimum atomic E-state index is -1.61. The fraction of sp³-hybridized carbons (Fsp3) is 0.500. The Hall–Kier alpha value is -3.29. The van der Waals surface area contributed by atoms with E-state index in [-0.39, 0.29) is 43.3 Å². The molecule has 194 valence electrons. The van der Waals surface area contributed by atoms with E-state index < -0.39 is 17.4 Å². The molecule has 0 aliphatic carbocycles. The number of pyridine rings is 1. The Morgan fingerprint density at radius 3 is 2.56 bits per heavy atom. The molecule has 2 amide bonds. The third-order valence-electron chi connectivity index (χ3n) is 6.01. The maximum Gasteiger partial charge on any atom is 0.410 e. The van der Waals surface area contributed by atoms with Crippen LogP contribution in [0.4, 0.5) is 9.18 Å². The third-order valence-corrected chi connectivity index (χ3v) is 6.01. The van der Waals surface area contributed by atoms with Crippen molar-refractivity contribution in [2.45, 2.75) is 71.1 Å². The van der Waals surface area contributed by atoms with Gasteiger partial charge in [-0.05, 0) is 51.3 Å². The summed E-state index contributed by atoms with van der Waals surface area (Å²) in [5.74, 6) is -0.536. The van der Waals surface area contributed by atoms with Gasteiger partial charge in [0.1, 0.15) is 17.0 Å². The largest absolute Gasteiger partial charge is 0.444 e. The monoisotopic (exact) mass is 497 g/mol. The van der Waals surface area contributed by atoms with Crippen LogP contribution in [0.3, 0.4) is 0 Å². The first kappa shape index (κ1) is 27.3. The molecule has 36 heavy (non-hydrogen) atoms. The standard InChI is InChI=1S/C28H36FN3O4/c1-5-24(33)23-18-21(17-22(31-23)16-20-10-7-6-8-11-20)25(34)30-14-13-28(29)12-9-15-32(19-28)26(35)36-27(2,3)4/h6-8,10-11,17-18H,5,9,12-16,19H2,1-4H3,(H,30,34)/t28-/m1/s1. The van der Waals surface area contributed by atoms with E-state index in [1.54, 1.807) is 33.8 Å². The zero-order valence-corrected chi connectivity index (χ0v) is 21.6. The molecule has 3 rings (SSSR count). The van der Waals surface area contributed by atoms with Gasteiger partial charge in [-0.2, -0.15) is 0 Å². The number of Topliss-reactive ketones (excluding diaryl/α,β-unsaturated/α-hetero) is 1. The van der Waals surface area contributed by atoms with E-state index >= 15 is 4.39 Å². The van der Waals surface area contributed by atoms with E-state index in [0.29, 0.717) is 37.1 Å². The van der Waals surface area contributed by atoms with E-state index in [1.807, 2.05) is 30.3 Å². The van der Waals surface area contributed by atoms with Crippen LogP contribution in [0.15, 0.2) is 42.5 Å². The summed E-state index contributed by atoms with van der Waals surface area (Å²) in [6.07, 6.45) is 1.15. The van der Waals surface area contributed by atoms with Gasteiger partial charge in [0.05, 0.1) is 6.54 Å². The molecular formula is C28H36FN3O4. The van der Waals surface area contributed by atoms with E-state index in [0.717, 1.165) is 5.56 Å². The number of piperidine rings is 1. The van der Waals surface area contributed by atoms with Crippen LogP contribution in [0.1, 0.15) is 85.5 Å². The number of carbonyl (C=O) groups is 3. The molecule has 0 spiro atoms. The van der Waals surface area contributed by atoms with Crippen LogP contribution in [0.25, 0.3) is 0 Å². The summed E-state index contributed by atoms with van der Waals surface area (Å²) in [7, 11) is 0. The number of nitrogens with zero attached hydrogens (tertiary/aromatic N) is 2. The van der Waals surface area contributed by atoms with Crippen LogP contribution >= 0.6 is 0 Å². The number of hydrogen-bond acceptors (Lipinski definition) is 5. The Balaban J connectivity index is 1.64. The van der Waals surface area contributed by atoms with Crippen molar-refractivity contribution in [3.05, 3.63) is 65.0 Å². The van der Waals surface area contributed by atoms with Gasteiger partial charge in [0, 0.05) is 43.6 Å². The van der Waals surface area contributed by atoms with Crippen LogP contribution in [0, 0.1) is 0 Å². The Kier molecular flexibility index (Phi) is 8.82. The van der Waals surface area contributed by atoms with Gasteiger partial charge in [0.15, 0.2) is 5.78 Å². The topological polar surface area (TPSA) is 88.6 Å². The van der Waals surface area contributed by atoms with Crippen LogP contribution in [0.5, 0.6) is 0 Å². The fourth-order valence-corrected chi connectivity index (χ4v) is 4.21. The Morgan fingerprint density at radius 1 is 1.17 bits per heavy atom. The number of benzene rings is 1. The smallest absolute Gasteiger partial charge is 0.410 e. The first-order chi connectivity index (χ1) is 17.0. The highest BCUT2D eigenvalue weighted by molar-refractivity contribution is 5.99. The molecule has 8 heteroatoms. The number of ketones is 1. The van der Waals surface area contributed by atoms with Crippen molar-refractivity contribution in [1.82, 2.24) is 15.2 Å². The van der Waals surface area contributed by atoms with Gasteiger partial charge in [-0.15, -0.1) is 0 Å². The minimum absolute atomic E-state index is 0.0661. The highest BCUT2D eigenvalue weighted by Crippen LogP contribution is 2.29. The predicted molar refractivity (Wildman–Crippen MR) is 136 cm³/mol. The van der Waals surface area contributed by atoms with Crippen LogP contribution in [-0.2, 0) is 11.2 Å². The summed E-state index contributed by atoms with van der Waals surface area (Å²) in [4.78, 5) is 43.5. The van der Waals surface area contributed by atoms with E-state index in [9.17, 15) is 14.4 Å². The zero-order chi connectivity index (χ0) is 26.3. The lowest BCUT2D eigenvalue weighted by Gasteiger charge is -2.38. The summed E-state index contributed by atoms with van der Waals surface area (Å²) in [5.41, 5.74) is -0.0548. The summed E-state index contributed by atoms with van der Waals surface area (Å²) in [5, 5.41) is 2.78. The molecular weight excluding hydrogens is 461 g/mol. The second kappa shape index (κ2) is 11.6. The molecule has 7 nitrogen and oxygen atoms in total. The lowest BCUT2D eigenvalue weighted by atomic mass is 9.91. The Bertz CT molecular complexity index is 1080. The first-order valence-corrected chi connectivity index (χ1v) is 12.5.